The fourth-order valence-corrected chi connectivity index (χ4v) is 2.71. The molecule has 2 atom stereocenters. The Morgan fingerprint density at radius 3 is 2.41 bits per heavy atom. The van der Waals surface area contributed by atoms with Gasteiger partial charge in [0.05, 0.1) is 0 Å². The highest BCUT2D eigenvalue weighted by Gasteiger charge is 2.29. The Hall–Kier alpha value is -0.570. The van der Waals surface area contributed by atoms with E-state index in [1.807, 2.05) is 4.90 Å². The van der Waals surface area contributed by atoms with Gasteiger partial charge >= 0.3 is 0 Å². The van der Waals surface area contributed by atoms with E-state index in [-0.39, 0.29) is 12.0 Å². The minimum atomic E-state index is 0.242. The summed E-state index contributed by atoms with van der Waals surface area (Å²) >= 11 is 0. The van der Waals surface area contributed by atoms with Crippen LogP contribution in [0.15, 0.2) is 0 Å². The molecule has 0 radical (unpaired) electrons. The summed E-state index contributed by atoms with van der Waals surface area (Å²) in [5.74, 6) is 1.05. The van der Waals surface area contributed by atoms with Crippen molar-refractivity contribution < 1.29 is 4.79 Å². The van der Waals surface area contributed by atoms with Crippen LogP contribution in [0.1, 0.15) is 52.9 Å². The number of rotatable bonds is 5. The summed E-state index contributed by atoms with van der Waals surface area (Å²) in [4.78, 5) is 14.5. The Bertz CT molecular complexity index is 236. The van der Waals surface area contributed by atoms with Crippen molar-refractivity contribution >= 4 is 5.91 Å². The molecule has 1 heterocycles. The largest absolute Gasteiger partial charge is 0.342 e. The van der Waals surface area contributed by atoms with Gasteiger partial charge in [-0.2, -0.15) is 0 Å². The fraction of sp³-hybridized carbons (Fsp3) is 0.929. The highest BCUT2D eigenvalue weighted by molar-refractivity contribution is 5.79. The lowest BCUT2D eigenvalue weighted by Gasteiger charge is -2.37. The topological polar surface area (TPSA) is 46.3 Å². The lowest BCUT2D eigenvalue weighted by Crippen LogP contribution is -2.49. The number of likely N-dealkylation sites (tertiary alicyclic amines) is 1. The van der Waals surface area contributed by atoms with Gasteiger partial charge < -0.3 is 10.6 Å². The molecule has 0 aromatic heterocycles. The van der Waals surface area contributed by atoms with Crippen LogP contribution in [0.5, 0.6) is 0 Å². The molecule has 0 bridgehead atoms. The molecule has 1 amide bonds. The number of nitrogens with two attached hydrogens (primary N) is 1. The lowest BCUT2D eigenvalue weighted by molar-refractivity contribution is -0.138. The Kier molecular flexibility index (Phi) is 5.96. The number of hydrogen-bond donors (Lipinski definition) is 1. The molecule has 1 saturated heterocycles. The van der Waals surface area contributed by atoms with Crippen LogP contribution in [-0.4, -0.2) is 29.9 Å². The van der Waals surface area contributed by atoms with Crippen LogP contribution in [0, 0.1) is 11.8 Å². The molecule has 1 aliphatic heterocycles. The molecular weight excluding hydrogens is 212 g/mol. The van der Waals surface area contributed by atoms with E-state index in [4.69, 9.17) is 5.73 Å². The monoisotopic (exact) mass is 240 g/mol. The smallest absolute Gasteiger partial charge is 0.225 e. The van der Waals surface area contributed by atoms with Gasteiger partial charge in [0.1, 0.15) is 0 Å². The van der Waals surface area contributed by atoms with Gasteiger partial charge in [-0.3, -0.25) is 4.79 Å². The number of nitrogens with zero attached hydrogens (tertiary/aromatic N) is 1. The second-order valence-electron chi connectivity index (χ2n) is 5.49. The van der Waals surface area contributed by atoms with Crippen molar-refractivity contribution in [1.29, 1.82) is 0 Å². The number of carbonyl (C=O) groups excluding carboxylic acids is 1. The molecule has 0 aromatic rings. The van der Waals surface area contributed by atoms with Crippen molar-refractivity contribution in [2.24, 2.45) is 17.6 Å². The standard InChI is InChI=1S/C14H28N2O/c1-4-6-12(7-5-2)14(17)16-9-8-13(15)11(3)10-16/h11-13H,4-10,15H2,1-3H3. The molecule has 0 saturated carbocycles. The van der Waals surface area contributed by atoms with Crippen molar-refractivity contribution in [2.45, 2.75) is 58.9 Å². The van der Waals surface area contributed by atoms with E-state index >= 15 is 0 Å². The van der Waals surface area contributed by atoms with Crippen molar-refractivity contribution in [3.05, 3.63) is 0 Å². The van der Waals surface area contributed by atoms with Crippen molar-refractivity contribution in [3.63, 3.8) is 0 Å². The van der Waals surface area contributed by atoms with Gasteiger partial charge in [0.25, 0.3) is 0 Å². The van der Waals surface area contributed by atoms with Gasteiger partial charge in [0.2, 0.25) is 5.91 Å². The Labute approximate surface area is 106 Å². The maximum atomic E-state index is 12.4. The van der Waals surface area contributed by atoms with Gasteiger partial charge in [-0.25, -0.2) is 0 Å². The van der Waals surface area contributed by atoms with Crippen molar-refractivity contribution in [1.82, 2.24) is 4.90 Å². The minimum absolute atomic E-state index is 0.242. The third-order valence-corrected chi connectivity index (χ3v) is 3.91. The SMILES string of the molecule is CCCC(CCC)C(=O)N1CCC(N)C(C)C1. The molecule has 100 valence electrons. The molecule has 17 heavy (non-hydrogen) atoms. The van der Waals surface area contributed by atoms with E-state index in [1.165, 1.54) is 0 Å². The molecule has 0 aromatic carbocycles. The van der Waals surface area contributed by atoms with Gasteiger partial charge in [0, 0.05) is 25.0 Å². The van der Waals surface area contributed by atoms with Crippen LogP contribution in [0.25, 0.3) is 0 Å². The van der Waals surface area contributed by atoms with E-state index in [1.54, 1.807) is 0 Å². The summed E-state index contributed by atoms with van der Waals surface area (Å²) in [6.45, 7) is 8.17. The molecule has 0 aliphatic carbocycles. The lowest BCUT2D eigenvalue weighted by atomic mass is 9.91. The molecule has 1 rings (SSSR count). The average Bonchev–Trinajstić information content (AvgIpc) is 2.31. The van der Waals surface area contributed by atoms with Gasteiger partial charge in [-0.15, -0.1) is 0 Å². The maximum absolute atomic E-state index is 12.4. The van der Waals surface area contributed by atoms with Gasteiger partial charge in [-0.05, 0) is 25.2 Å². The summed E-state index contributed by atoms with van der Waals surface area (Å²) in [6.07, 6.45) is 5.21. The molecule has 1 aliphatic rings. The summed E-state index contributed by atoms with van der Waals surface area (Å²) < 4.78 is 0. The van der Waals surface area contributed by atoms with E-state index in [2.05, 4.69) is 20.8 Å². The van der Waals surface area contributed by atoms with Crippen LogP contribution in [0.4, 0.5) is 0 Å². The van der Waals surface area contributed by atoms with E-state index in [9.17, 15) is 4.79 Å². The zero-order valence-corrected chi connectivity index (χ0v) is 11.6. The molecule has 3 heteroatoms. The summed E-state index contributed by atoms with van der Waals surface area (Å²) in [5.41, 5.74) is 6.00. The van der Waals surface area contributed by atoms with E-state index < -0.39 is 0 Å². The van der Waals surface area contributed by atoms with Gasteiger partial charge in [-0.1, -0.05) is 33.6 Å². The number of hydrogen-bond acceptors (Lipinski definition) is 2. The number of amides is 1. The maximum Gasteiger partial charge on any atom is 0.225 e. The number of piperidine rings is 1. The predicted octanol–water partition coefficient (Wildman–Crippen LogP) is 2.40. The first-order chi connectivity index (χ1) is 8.10. The summed E-state index contributed by atoms with van der Waals surface area (Å²) in [5, 5.41) is 0. The van der Waals surface area contributed by atoms with Crippen LogP contribution in [0.2, 0.25) is 0 Å². The first kappa shape index (κ1) is 14.5. The Balaban J connectivity index is 2.55. The van der Waals surface area contributed by atoms with Crippen LogP contribution in [0.3, 0.4) is 0 Å². The van der Waals surface area contributed by atoms with Crippen molar-refractivity contribution in [3.8, 4) is 0 Å². The van der Waals surface area contributed by atoms with Crippen LogP contribution in [-0.2, 0) is 4.79 Å². The molecule has 3 nitrogen and oxygen atoms in total. The molecule has 2 unspecified atom stereocenters. The van der Waals surface area contributed by atoms with Crippen molar-refractivity contribution in [2.75, 3.05) is 13.1 Å². The third-order valence-electron chi connectivity index (χ3n) is 3.91. The quantitative estimate of drug-likeness (QED) is 0.802. The average molecular weight is 240 g/mol. The normalized spacial score (nSPS) is 25.4. The highest BCUT2D eigenvalue weighted by Crippen LogP contribution is 2.21. The van der Waals surface area contributed by atoms with E-state index in [0.29, 0.717) is 11.8 Å². The molecule has 2 N–H and O–H groups in total. The summed E-state index contributed by atoms with van der Waals surface area (Å²) in [6, 6.07) is 0.273. The fourth-order valence-electron chi connectivity index (χ4n) is 2.71. The van der Waals surface area contributed by atoms with Gasteiger partial charge in [0.15, 0.2) is 0 Å². The second-order valence-corrected chi connectivity index (χ2v) is 5.49. The number of carbonyl (C=O) groups is 1. The molecular formula is C14H28N2O. The second kappa shape index (κ2) is 7.00. The zero-order chi connectivity index (χ0) is 12.8. The minimum Gasteiger partial charge on any atom is -0.342 e. The van der Waals surface area contributed by atoms with E-state index in [0.717, 1.165) is 45.2 Å². The third kappa shape index (κ3) is 3.98. The van der Waals surface area contributed by atoms with Crippen LogP contribution >= 0.6 is 0 Å². The Morgan fingerprint density at radius 2 is 1.94 bits per heavy atom. The molecule has 0 spiro atoms. The molecule has 1 fully saturated rings. The first-order valence-electron chi connectivity index (χ1n) is 7.14. The Morgan fingerprint density at radius 1 is 1.35 bits per heavy atom. The first-order valence-corrected chi connectivity index (χ1v) is 7.14. The summed E-state index contributed by atoms with van der Waals surface area (Å²) in [7, 11) is 0. The highest BCUT2D eigenvalue weighted by atomic mass is 16.2. The predicted molar refractivity (Wildman–Crippen MR) is 71.6 cm³/mol. The van der Waals surface area contributed by atoms with Crippen LogP contribution < -0.4 is 5.73 Å². The zero-order valence-electron chi connectivity index (χ0n) is 11.6.